The number of ether oxygens (including phenoxy) is 1. The summed E-state index contributed by atoms with van der Waals surface area (Å²) in [4.78, 5) is 17.3. The molecule has 134 valence electrons. The highest BCUT2D eigenvalue weighted by Crippen LogP contribution is 2.24. The Morgan fingerprint density at radius 3 is 2.80 bits per heavy atom. The van der Waals surface area contributed by atoms with Crippen LogP contribution in [0.1, 0.15) is 37.2 Å². The Morgan fingerprint density at radius 1 is 1.32 bits per heavy atom. The second kappa shape index (κ2) is 7.22. The topological polar surface area (TPSA) is 86.3 Å². The van der Waals surface area contributed by atoms with Gasteiger partial charge < -0.3 is 10.1 Å². The van der Waals surface area contributed by atoms with Gasteiger partial charge in [-0.15, -0.1) is 5.10 Å². The summed E-state index contributed by atoms with van der Waals surface area (Å²) in [7, 11) is 3.49. The van der Waals surface area contributed by atoms with Crippen molar-refractivity contribution in [1.29, 1.82) is 0 Å². The summed E-state index contributed by atoms with van der Waals surface area (Å²) in [5, 5.41) is 12.7. The van der Waals surface area contributed by atoms with Crippen LogP contribution in [0.4, 0.5) is 5.13 Å². The summed E-state index contributed by atoms with van der Waals surface area (Å²) in [6.45, 7) is 4.65. The number of nitrogens with zero attached hydrogens (tertiary/aromatic N) is 5. The number of hydrogen-bond acceptors (Lipinski definition) is 7. The molecule has 0 radical (unpaired) electrons. The monoisotopic (exact) mass is 362 g/mol. The molecule has 0 aliphatic rings. The first-order chi connectivity index (χ1) is 12.1. The maximum absolute atomic E-state index is 12.2. The third kappa shape index (κ3) is 3.37. The number of anilines is 1. The Labute approximate surface area is 149 Å². The molecule has 0 spiro atoms. The van der Waals surface area contributed by atoms with Crippen LogP contribution in [0.2, 0.25) is 0 Å². The van der Waals surface area contributed by atoms with Gasteiger partial charge in [0.2, 0.25) is 16.0 Å². The van der Waals surface area contributed by atoms with Gasteiger partial charge in [-0.25, -0.2) is 9.67 Å². The van der Waals surface area contributed by atoms with Crippen molar-refractivity contribution in [2.75, 3.05) is 12.4 Å². The average Bonchev–Trinajstić information content (AvgIpc) is 3.13. The first-order valence-corrected chi connectivity index (χ1v) is 9.11. The Bertz CT molecular complexity index is 942. The van der Waals surface area contributed by atoms with Gasteiger partial charge in [0.05, 0.1) is 18.4 Å². The highest BCUT2D eigenvalue weighted by atomic mass is 32.1. The molecule has 3 aromatic rings. The number of hydrogen-bond donors (Lipinski definition) is 1. The third-order valence-electron chi connectivity index (χ3n) is 3.92. The summed E-state index contributed by atoms with van der Waals surface area (Å²) in [6, 6.07) is 1.55. The Balaban J connectivity index is 1.87. The Kier molecular flexibility index (Phi) is 5.03. The van der Waals surface area contributed by atoms with E-state index in [0.29, 0.717) is 16.6 Å². The van der Waals surface area contributed by atoms with Crippen LogP contribution in [0.15, 0.2) is 10.9 Å². The Morgan fingerprint density at radius 2 is 2.12 bits per heavy atom. The van der Waals surface area contributed by atoms with E-state index in [-0.39, 0.29) is 5.56 Å². The Hall–Kier alpha value is -2.42. The molecule has 0 atom stereocenters. The highest BCUT2D eigenvalue weighted by Gasteiger charge is 2.16. The molecule has 0 aromatic carbocycles. The van der Waals surface area contributed by atoms with Crippen molar-refractivity contribution >= 4 is 21.4 Å². The van der Waals surface area contributed by atoms with Crippen LogP contribution in [0.5, 0.6) is 5.88 Å². The third-order valence-corrected chi connectivity index (χ3v) is 4.79. The normalized spacial score (nSPS) is 11.2. The second-order valence-electron chi connectivity index (χ2n) is 5.70. The highest BCUT2D eigenvalue weighted by molar-refractivity contribution is 7.20. The molecule has 1 N–H and O–H groups in total. The van der Waals surface area contributed by atoms with Gasteiger partial charge in [-0.2, -0.15) is 9.61 Å². The zero-order chi connectivity index (χ0) is 18.0. The maximum Gasteiger partial charge on any atom is 0.275 e. The quantitative estimate of drug-likeness (QED) is 0.692. The zero-order valence-electron chi connectivity index (χ0n) is 14.9. The van der Waals surface area contributed by atoms with E-state index in [1.807, 2.05) is 7.05 Å². The van der Waals surface area contributed by atoms with Crippen LogP contribution >= 0.6 is 11.3 Å². The molecule has 0 amide bonds. The number of rotatable bonds is 7. The van der Waals surface area contributed by atoms with Crippen molar-refractivity contribution < 1.29 is 4.74 Å². The molecule has 8 nitrogen and oxygen atoms in total. The predicted molar refractivity (Wildman–Crippen MR) is 97.6 cm³/mol. The minimum Gasteiger partial charge on any atom is -0.481 e. The van der Waals surface area contributed by atoms with Crippen LogP contribution in [-0.2, 0) is 26.4 Å². The standard InChI is InChI=1S/C16H22N6O2S/c1-5-7-10-8-13(23)22-16(18-10)25-15(20-22)17-9-11-12(6-2)19-21(3)14(11)24-4/h8H,5-7,9H2,1-4H3,(H,17,20). The molecular formula is C16H22N6O2S. The van der Waals surface area contributed by atoms with Crippen LogP contribution in [0.25, 0.3) is 4.96 Å². The van der Waals surface area contributed by atoms with Crippen molar-refractivity contribution in [2.24, 2.45) is 7.05 Å². The van der Waals surface area contributed by atoms with Gasteiger partial charge in [-0.3, -0.25) is 4.79 Å². The number of aryl methyl sites for hydroxylation is 3. The van der Waals surface area contributed by atoms with Crippen molar-refractivity contribution in [3.63, 3.8) is 0 Å². The minimum atomic E-state index is -0.147. The van der Waals surface area contributed by atoms with Crippen molar-refractivity contribution in [3.05, 3.63) is 33.4 Å². The van der Waals surface area contributed by atoms with Crippen molar-refractivity contribution in [2.45, 2.75) is 39.7 Å². The largest absolute Gasteiger partial charge is 0.481 e. The molecule has 0 aliphatic heterocycles. The fraction of sp³-hybridized carbons (Fsp3) is 0.500. The summed E-state index contributed by atoms with van der Waals surface area (Å²) >= 11 is 1.37. The predicted octanol–water partition coefficient (Wildman–Crippen LogP) is 2.02. The van der Waals surface area contributed by atoms with Crippen LogP contribution < -0.4 is 15.6 Å². The number of nitrogens with one attached hydrogen (secondary N) is 1. The molecule has 0 bridgehead atoms. The molecule has 3 rings (SSSR count). The summed E-state index contributed by atoms with van der Waals surface area (Å²) < 4.78 is 8.52. The molecule has 3 aromatic heterocycles. The molecule has 0 saturated carbocycles. The molecule has 9 heteroatoms. The molecule has 0 saturated heterocycles. The maximum atomic E-state index is 12.2. The number of methoxy groups -OCH3 is 1. The molecule has 0 fully saturated rings. The first-order valence-electron chi connectivity index (χ1n) is 8.29. The molecular weight excluding hydrogens is 340 g/mol. The van der Waals surface area contributed by atoms with E-state index in [1.165, 1.54) is 15.9 Å². The van der Waals surface area contributed by atoms with E-state index in [2.05, 4.69) is 34.3 Å². The van der Waals surface area contributed by atoms with E-state index in [0.717, 1.165) is 42.1 Å². The minimum absolute atomic E-state index is 0.147. The average molecular weight is 362 g/mol. The number of aromatic nitrogens is 5. The van der Waals surface area contributed by atoms with E-state index in [4.69, 9.17) is 4.74 Å². The molecule has 0 aliphatic carbocycles. The van der Waals surface area contributed by atoms with Gasteiger partial charge in [0.15, 0.2) is 0 Å². The van der Waals surface area contributed by atoms with Crippen molar-refractivity contribution in [1.82, 2.24) is 24.4 Å². The lowest BCUT2D eigenvalue weighted by Gasteiger charge is -2.05. The van der Waals surface area contributed by atoms with Gasteiger partial charge in [-0.1, -0.05) is 31.6 Å². The van der Waals surface area contributed by atoms with Crippen molar-refractivity contribution in [3.8, 4) is 5.88 Å². The van der Waals surface area contributed by atoms with Gasteiger partial charge in [0, 0.05) is 25.4 Å². The van der Waals surface area contributed by atoms with Crippen LogP contribution in [0, 0.1) is 0 Å². The zero-order valence-corrected chi connectivity index (χ0v) is 15.7. The lowest BCUT2D eigenvalue weighted by molar-refractivity contribution is 0.370. The van der Waals surface area contributed by atoms with E-state index >= 15 is 0 Å². The van der Waals surface area contributed by atoms with E-state index < -0.39 is 0 Å². The van der Waals surface area contributed by atoms with E-state index in [9.17, 15) is 4.79 Å². The SMILES string of the molecule is CCCc1cc(=O)n2nc(NCc3c(CC)nn(C)c3OC)sc2n1. The molecule has 0 unspecified atom stereocenters. The summed E-state index contributed by atoms with van der Waals surface area (Å²) in [5.41, 5.74) is 2.64. The second-order valence-corrected chi connectivity index (χ2v) is 6.66. The van der Waals surface area contributed by atoms with Gasteiger partial charge >= 0.3 is 0 Å². The van der Waals surface area contributed by atoms with Gasteiger partial charge in [-0.05, 0) is 12.8 Å². The lowest BCUT2D eigenvalue weighted by Crippen LogP contribution is -2.15. The molecule has 3 heterocycles. The lowest BCUT2D eigenvalue weighted by atomic mass is 10.2. The van der Waals surface area contributed by atoms with Crippen LogP contribution in [-0.4, -0.2) is 31.5 Å². The molecule has 25 heavy (non-hydrogen) atoms. The number of fused-ring (bicyclic) bond motifs is 1. The van der Waals surface area contributed by atoms with E-state index in [1.54, 1.807) is 17.9 Å². The summed E-state index contributed by atoms with van der Waals surface area (Å²) in [5.74, 6) is 0.728. The van der Waals surface area contributed by atoms with Crippen LogP contribution in [0.3, 0.4) is 0 Å². The fourth-order valence-electron chi connectivity index (χ4n) is 2.80. The summed E-state index contributed by atoms with van der Waals surface area (Å²) in [6.07, 6.45) is 2.56. The smallest absolute Gasteiger partial charge is 0.275 e. The first kappa shape index (κ1) is 17.4. The van der Waals surface area contributed by atoms with Gasteiger partial charge in [0.25, 0.3) is 5.56 Å². The fourth-order valence-corrected chi connectivity index (χ4v) is 3.62. The van der Waals surface area contributed by atoms with Gasteiger partial charge in [0.1, 0.15) is 0 Å².